The molecule has 4 rings (SSSR count). The monoisotopic (exact) mass is 335 g/mol. The Hall–Kier alpha value is -2.25. The molecule has 8 heteroatoms. The summed E-state index contributed by atoms with van der Waals surface area (Å²) in [4.78, 5) is 4.31. The minimum Gasteiger partial charge on any atom is -0.332 e. The number of benzene rings is 1. The summed E-state index contributed by atoms with van der Waals surface area (Å²) in [7, 11) is 1.90. The maximum Gasteiger partial charge on any atom is 0.279 e. The lowest BCUT2D eigenvalue weighted by Gasteiger charge is -2.13. The molecular formula is C15H15ClFN5O. The molecule has 0 aliphatic carbocycles. The summed E-state index contributed by atoms with van der Waals surface area (Å²) in [6.07, 6.45) is 0.910. The second-order valence-corrected chi connectivity index (χ2v) is 5.23. The van der Waals surface area contributed by atoms with Gasteiger partial charge in [-0.3, -0.25) is 4.68 Å². The normalized spacial score (nSPS) is 13.5. The highest BCUT2D eigenvalue weighted by Gasteiger charge is 2.24. The molecular weight excluding hydrogens is 321 g/mol. The van der Waals surface area contributed by atoms with Crippen molar-refractivity contribution in [1.29, 1.82) is 0 Å². The molecule has 0 atom stereocenters. The van der Waals surface area contributed by atoms with Gasteiger partial charge in [0.1, 0.15) is 5.82 Å². The number of rotatable bonds is 2. The summed E-state index contributed by atoms with van der Waals surface area (Å²) in [6, 6.07) is 6.36. The zero-order valence-corrected chi connectivity index (χ0v) is 13.2. The quantitative estimate of drug-likeness (QED) is 0.778. The summed E-state index contributed by atoms with van der Waals surface area (Å²) in [5.41, 5.74) is 3.22. The summed E-state index contributed by atoms with van der Waals surface area (Å²) >= 11 is 0. The van der Waals surface area contributed by atoms with Crippen LogP contribution in [0.5, 0.6) is 0 Å². The Kier molecular flexibility index (Phi) is 4.14. The summed E-state index contributed by atoms with van der Waals surface area (Å²) < 4.78 is 21.0. The third-order valence-electron chi connectivity index (χ3n) is 3.86. The van der Waals surface area contributed by atoms with Gasteiger partial charge in [0, 0.05) is 37.8 Å². The highest BCUT2D eigenvalue weighted by molar-refractivity contribution is 5.85. The Balaban J connectivity index is 0.00000156. The molecule has 23 heavy (non-hydrogen) atoms. The lowest BCUT2D eigenvalue weighted by atomic mass is 10.1. The van der Waals surface area contributed by atoms with Gasteiger partial charge in [0.2, 0.25) is 5.82 Å². The van der Waals surface area contributed by atoms with E-state index in [1.165, 1.54) is 11.8 Å². The zero-order valence-electron chi connectivity index (χ0n) is 12.4. The van der Waals surface area contributed by atoms with E-state index in [-0.39, 0.29) is 24.0 Å². The van der Waals surface area contributed by atoms with Gasteiger partial charge in [-0.1, -0.05) is 17.3 Å². The van der Waals surface area contributed by atoms with Crippen LogP contribution in [0.25, 0.3) is 23.0 Å². The van der Waals surface area contributed by atoms with Crippen molar-refractivity contribution in [2.24, 2.45) is 7.05 Å². The van der Waals surface area contributed by atoms with Crippen LogP contribution in [0.3, 0.4) is 0 Å². The van der Waals surface area contributed by atoms with Crippen LogP contribution in [0.15, 0.2) is 28.8 Å². The van der Waals surface area contributed by atoms with Crippen molar-refractivity contribution in [3.8, 4) is 23.0 Å². The van der Waals surface area contributed by atoms with Crippen molar-refractivity contribution < 1.29 is 8.91 Å². The maximum absolute atomic E-state index is 13.8. The number of hydrogen-bond donors (Lipinski definition) is 1. The fraction of sp³-hybridized carbons (Fsp3) is 0.267. The first-order valence-electron chi connectivity index (χ1n) is 7.08. The average molecular weight is 336 g/mol. The highest BCUT2D eigenvalue weighted by Crippen LogP contribution is 2.28. The number of hydrogen-bond acceptors (Lipinski definition) is 5. The molecule has 0 saturated heterocycles. The average Bonchev–Trinajstić information content (AvgIpc) is 3.13. The predicted molar refractivity (Wildman–Crippen MR) is 84.6 cm³/mol. The van der Waals surface area contributed by atoms with E-state index in [2.05, 4.69) is 20.6 Å². The van der Waals surface area contributed by atoms with E-state index >= 15 is 0 Å². The van der Waals surface area contributed by atoms with Crippen molar-refractivity contribution in [3.63, 3.8) is 0 Å². The predicted octanol–water partition coefficient (Wildman–Crippen LogP) is 2.34. The van der Waals surface area contributed by atoms with Crippen molar-refractivity contribution in [2.75, 3.05) is 6.54 Å². The van der Waals surface area contributed by atoms with E-state index < -0.39 is 0 Å². The van der Waals surface area contributed by atoms with Gasteiger partial charge in [0.15, 0.2) is 5.69 Å². The second-order valence-electron chi connectivity index (χ2n) is 5.23. The van der Waals surface area contributed by atoms with Gasteiger partial charge in [0.25, 0.3) is 5.89 Å². The van der Waals surface area contributed by atoms with Gasteiger partial charge in [-0.25, -0.2) is 4.39 Å². The Morgan fingerprint density at radius 1 is 1.30 bits per heavy atom. The fourth-order valence-electron chi connectivity index (χ4n) is 2.76. The Morgan fingerprint density at radius 3 is 2.96 bits per heavy atom. The molecule has 120 valence electrons. The topological polar surface area (TPSA) is 68.8 Å². The van der Waals surface area contributed by atoms with Crippen LogP contribution in [-0.4, -0.2) is 26.5 Å². The van der Waals surface area contributed by atoms with Crippen LogP contribution in [0.2, 0.25) is 0 Å². The number of nitrogens with zero attached hydrogens (tertiary/aromatic N) is 4. The molecule has 0 amide bonds. The molecule has 0 bridgehead atoms. The van der Waals surface area contributed by atoms with Gasteiger partial charge in [-0.05, 0) is 12.1 Å². The molecule has 0 fully saturated rings. The largest absolute Gasteiger partial charge is 0.332 e. The van der Waals surface area contributed by atoms with E-state index in [0.717, 1.165) is 25.1 Å². The Morgan fingerprint density at radius 2 is 2.13 bits per heavy atom. The number of nitrogens with one attached hydrogen (secondary N) is 1. The number of halogens is 2. The second kappa shape index (κ2) is 6.10. The van der Waals surface area contributed by atoms with Gasteiger partial charge in [-0.15, -0.1) is 12.4 Å². The van der Waals surface area contributed by atoms with Crippen LogP contribution < -0.4 is 5.32 Å². The lowest BCUT2D eigenvalue weighted by Crippen LogP contribution is -2.24. The molecule has 1 aliphatic heterocycles. The SMILES string of the molecule is Cl.Cn1nc(-c2nc(-c3ccccc3F)no2)c2c1CCNC2. The summed E-state index contributed by atoms with van der Waals surface area (Å²) in [5.74, 6) is 0.176. The van der Waals surface area contributed by atoms with E-state index in [4.69, 9.17) is 4.52 Å². The minimum absolute atomic E-state index is 0. The molecule has 3 aromatic rings. The smallest absolute Gasteiger partial charge is 0.279 e. The summed E-state index contributed by atoms with van der Waals surface area (Å²) in [5, 5.41) is 11.7. The van der Waals surface area contributed by atoms with Crippen molar-refractivity contribution in [3.05, 3.63) is 41.3 Å². The third kappa shape index (κ3) is 2.62. The van der Waals surface area contributed by atoms with E-state index in [0.29, 0.717) is 17.1 Å². The molecule has 1 aliphatic rings. The van der Waals surface area contributed by atoms with Crippen molar-refractivity contribution in [1.82, 2.24) is 25.2 Å². The molecule has 0 saturated carbocycles. The molecule has 1 N–H and O–H groups in total. The molecule has 0 unspecified atom stereocenters. The van der Waals surface area contributed by atoms with Gasteiger partial charge < -0.3 is 9.84 Å². The minimum atomic E-state index is -0.375. The molecule has 2 aromatic heterocycles. The molecule has 3 heterocycles. The first-order valence-corrected chi connectivity index (χ1v) is 7.08. The molecule has 1 aromatic carbocycles. The maximum atomic E-state index is 13.8. The van der Waals surface area contributed by atoms with Gasteiger partial charge in [-0.2, -0.15) is 10.1 Å². The lowest BCUT2D eigenvalue weighted by molar-refractivity contribution is 0.429. The standard InChI is InChI=1S/C15H14FN5O.ClH/c1-21-12-6-7-17-8-10(12)13(19-21)15-18-14(20-22-15)9-4-2-3-5-11(9)16;/h2-5,17H,6-8H2,1H3;1H. The van der Waals surface area contributed by atoms with E-state index in [9.17, 15) is 4.39 Å². The first-order chi connectivity index (χ1) is 10.7. The Labute approximate surface area is 138 Å². The number of fused-ring (bicyclic) bond motifs is 1. The Bertz CT molecular complexity index is 844. The number of aryl methyl sites for hydroxylation is 1. The van der Waals surface area contributed by atoms with Crippen LogP contribution in [0, 0.1) is 5.82 Å². The molecule has 0 spiro atoms. The van der Waals surface area contributed by atoms with Crippen LogP contribution in [0.4, 0.5) is 4.39 Å². The van der Waals surface area contributed by atoms with Crippen LogP contribution >= 0.6 is 12.4 Å². The van der Waals surface area contributed by atoms with Gasteiger partial charge >= 0.3 is 0 Å². The molecule has 6 nitrogen and oxygen atoms in total. The number of aromatic nitrogens is 4. The summed E-state index contributed by atoms with van der Waals surface area (Å²) in [6.45, 7) is 1.65. The molecule has 0 radical (unpaired) electrons. The van der Waals surface area contributed by atoms with Crippen molar-refractivity contribution in [2.45, 2.75) is 13.0 Å². The third-order valence-corrected chi connectivity index (χ3v) is 3.86. The van der Waals surface area contributed by atoms with Crippen molar-refractivity contribution >= 4 is 12.4 Å². The zero-order chi connectivity index (χ0) is 15.1. The van der Waals surface area contributed by atoms with Crippen LogP contribution in [-0.2, 0) is 20.0 Å². The highest BCUT2D eigenvalue weighted by atomic mass is 35.5. The first kappa shape index (κ1) is 15.6. The fourth-order valence-corrected chi connectivity index (χ4v) is 2.76. The van der Waals surface area contributed by atoms with E-state index in [1.807, 2.05) is 11.7 Å². The van der Waals surface area contributed by atoms with Gasteiger partial charge in [0.05, 0.1) is 5.56 Å². The van der Waals surface area contributed by atoms with E-state index in [1.54, 1.807) is 18.2 Å². The van der Waals surface area contributed by atoms with Crippen LogP contribution in [0.1, 0.15) is 11.3 Å².